The van der Waals surface area contributed by atoms with E-state index in [0.29, 0.717) is 0 Å². The number of nitrogens with zero attached hydrogens (tertiary/aromatic N) is 1. The molecule has 0 atom stereocenters. The second kappa shape index (κ2) is 2.31. The van der Waals surface area contributed by atoms with Gasteiger partial charge >= 0.3 is 0 Å². The monoisotopic (exact) mass is 103 g/mol. The number of rotatable bonds is 2. The summed E-state index contributed by atoms with van der Waals surface area (Å²) in [6.07, 6.45) is 1.28. The van der Waals surface area contributed by atoms with Crippen molar-refractivity contribution in [3.63, 3.8) is 0 Å². The normalized spacial score (nSPS) is 12.0. The Balaban J connectivity index is 0. The summed E-state index contributed by atoms with van der Waals surface area (Å²) in [5.41, 5.74) is 0. The van der Waals surface area contributed by atoms with Crippen LogP contribution in [0.5, 0.6) is 0 Å². The molecule has 0 spiro atoms. The molecule has 0 heterocycles. The molecule has 1 nitrogen and oxygen atoms in total. The Kier molecular flexibility index (Phi) is 2.30. The first-order valence-corrected chi connectivity index (χ1v) is 2.86. The first kappa shape index (κ1) is 6.96. The van der Waals surface area contributed by atoms with Crippen LogP contribution in [0, 0.1) is 0 Å². The summed E-state index contributed by atoms with van der Waals surface area (Å²) in [5.74, 6) is 0. The molecule has 0 saturated heterocycles. The minimum absolute atomic E-state index is 0. The highest BCUT2D eigenvalue weighted by atomic mass is 15.3. The van der Waals surface area contributed by atoms with Gasteiger partial charge in [-0.15, -0.1) is 0 Å². The lowest BCUT2D eigenvalue weighted by molar-refractivity contribution is -0.870. The number of hydrogen-bond donors (Lipinski definition) is 0. The van der Waals surface area contributed by atoms with Crippen LogP contribution in [0.25, 0.3) is 0 Å². The van der Waals surface area contributed by atoms with Gasteiger partial charge in [-0.25, -0.2) is 0 Å². The van der Waals surface area contributed by atoms with Gasteiger partial charge in [0.15, 0.2) is 0 Å². The minimum Gasteiger partial charge on any atom is -1.00 e. The molecule has 0 N–H and O–H groups in total. The number of hydrogen-bond acceptors (Lipinski definition) is 0. The van der Waals surface area contributed by atoms with E-state index in [1.54, 1.807) is 0 Å². The van der Waals surface area contributed by atoms with Gasteiger partial charge in [-0.3, -0.25) is 0 Å². The van der Waals surface area contributed by atoms with E-state index in [1.807, 2.05) is 0 Å². The molecule has 0 bridgehead atoms. The third kappa shape index (κ3) is 5.96. The minimum atomic E-state index is 0. The lowest BCUT2D eigenvalue weighted by Crippen LogP contribution is -2.34. The third-order valence-electron chi connectivity index (χ3n) is 0.894. The smallest absolute Gasteiger partial charge is 0.0777 e. The van der Waals surface area contributed by atoms with E-state index in [1.165, 1.54) is 13.0 Å². The summed E-state index contributed by atoms with van der Waals surface area (Å²) in [7, 11) is 6.64. The summed E-state index contributed by atoms with van der Waals surface area (Å²) in [6, 6.07) is 0. The van der Waals surface area contributed by atoms with Gasteiger partial charge in [0, 0.05) is 0 Å². The summed E-state index contributed by atoms with van der Waals surface area (Å²) in [4.78, 5) is 0. The first-order chi connectivity index (χ1) is 3.06. The maximum atomic E-state index is 2.21. The molecule has 0 rings (SSSR count). The van der Waals surface area contributed by atoms with Gasteiger partial charge in [0.05, 0.1) is 27.7 Å². The molecule has 0 aliphatic carbocycles. The molecule has 1 heteroatoms. The predicted octanol–water partition coefficient (Wildman–Crippen LogP) is 1.22. The molecule has 0 aliphatic heterocycles. The fourth-order valence-corrected chi connectivity index (χ4v) is 0.671. The van der Waals surface area contributed by atoms with E-state index in [9.17, 15) is 0 Å². The van der Waals surface area contributed by atoms with Gasteiger partial charge in [-0.2, -0.15) is 0 Å². The van der Waals surface area contributed by atoms with Gasteiger partial charge < -0.3 is 5.91 Å². The van der Waals surface area contributed by atoms with Crippen LogP contribution in [0.2, 0.25) is 0 Å². The molecule has 0 aromatic heterocycles. The molecule has 0 aliphatic rings. The Bertz CT molecular complexity index is 47.0. The zero-order valence-electron chi connectivity index (χ0n) is 6.86. The van der Waals surface area contributed by atoms with Gasteiger partial charge in [0.1, 0.15) is 0 Å². The van der Waals surface area contributed by atoms with Gasteiger partial charge in [0.2, 0.25) is 0 Å². The van der Waals surface area contributed by atoms with Crippen molar-refractivity contribution in [1.82, 2.24) is 0 Å². The van der Waals surface area contributed by atoms with Crippen molar-refractivity contribution >= 4 is 0 Å². The maximum absolute atomic E-state index is 2.21. The van der Waals surface area contributed by atoms with Crippen molar-refractivity contribution in [2.45, 2.75) is 13.3 Å². The van der Waals surface area contributed by atoms with E-state index < -0.39 is 0 Å². The van der Waals surface area contributed by atoms with Crippen LogP contribution >= 0.6 is 0 Å². The lowest BCUT2D eigenvalue weighted by Gasteiger charge is -2.22. The van der Waals surface area contributed by atoms with Crippen molar-refractivity contribution in [2.75, 3.05) is 27.7 Å². The van der Waals surface area contributed by atoms with Crippen LogP contribution in [-0.4, -0.2) is 32.2 Å². The van der Waals surface area contributed by atoms with Crippen molar-refractivity contribution in [2.24, 2.45) is 0 Å². The fourth-order valence-electron chi connectivity index (χ4n) is 0.671. The molecule has 0 aromatic carbocycles. The summed E-state index contributed by atoms with van der Waals surface area (Å²) < 4.78 is 1.09. The van der Waals surface area contributed by atoms with Crippen molar-refractivity contribution in [3.8, 4) is 0 Å². The molecule has 0 saturated carbocycles. The summed E-state index contributed by atoms with van der Waals surface area (Å²) in [6.45, 7) is 3.49. The van der Waals surface area contributed by atoms with Gasteiger partial charge in [-0.05, 0) is 6.42 Å². The van der Waals surface area contributed by atoms with Crippen LogP contribution in [0.15, 0.2) is 0 Å². The average molecular weight is 103 g/mol. The molecule has 7 heavy (non-hydrogen) atoms. The van der Waals surface area contributed by atoms with Crippen LogP contribution in [-0.2, 0) is 0 Å². The first-order valence-electron chi connectivity index (χ1n) is 2.86. The zero-order valence-corrected chi connectivity index (χ0v) is 5.86. The lowest BCUT2D eigenvalue weighted by atomic mass is 10.4. The predicted molar refractivity (Wildman–Crippen MR) is 34.3 cm³/mol. The Labute approximate surface area is 48.0 Å². The largest absolute Gasteiger partial charge is 1.00 e. The van der Waals surface area contributed by atoms with E-state index >= 15 is 0 Å². The Morgan fingerprint density at radius 1 is 1.29 bits per heavy atom. The Morgan fingerprint density at radius 2 is 1.71 bits per heavy atom. The molecular formula is C6H17N. The Hall–Kier alpha value is -0.0400. The quantitative estimate of drug-likeness (QED) is 0.461. The molecule has 0 unspecified atom stereocenters. The average Bonchev–Trinajstić information content (AvgIpc) is 1.30. The van der Waals surface area contributed by atoms with Gasteiger partial charge in [0.25, 0.3) is 0 Å². The molecule has 46 valence electrons. The highest BCUT2D eigenvalue weighted by molar-refractivity contribution is 4.20. The molecule has 0 fully saturated rings. The van der Waals surface area contributed by atoms with E-state index in [4.69, 9.17) is 0 Å². The fraction of sp³-hybridized carbons (Fsp3) is 1.00. The topological polar surface area (TPSA) is 0 Å². The van der Waals surface area contributed by atoms with E-state index in [-0.39, 0.29) is 1.43 Å². The summed E-state index contributed by atoms with van der Waals surface area (Å²) in [5, 5.41) is 0. The van der Waals surface area contributed by atoms with Crippen molar-refractivity contribution in [3.05, 3.63) is 0 Å². The molecule has 0 radical (unpaired) electrons. The van der Waals surface area contributed by atoms with Crippen molar-refractivity contribution < 1.29 is 5.91 Å². The van der Waals surface area contributed by atoms with Crippen LogP contribution in [0.1, 0.15) is 14.8 Å². The van der Waals surface area contributed by atoms with Crippen molar-refractivity contribution in [1.29, 1.82) is 0 Å². The molecule has 0 aromatic rings. The highest BCUT2D eigenvalue weighted by Crippen LogP contribution is 1.90. The number of quaternary nitrogens is 1. The van der Waals surface area contributed by atoms with E-state index in [0.717, 1.165) is 4.48 Å². The molecule has 0 amide bonds. The highest BCUT2D eigenvalue weighted by Gasteiger charge is 2.01. The van der Waals surface area contributed by atoms with Gasteiger partial charge in [-0.1, -0.05) is 6.92 Å². The Morgan fingerprint density at radius 3 is 1.71 bits per heavy atom. The second-order valence-corrected chi connectivity index (χ2v) is 3.01. The standard InChI is InChI=1S/C6H16N.H/c1-5-6-7(2,3)4;/h5-6H2,1-4H3;/q+1;-1. The van der Waals surface area contributed by atoms with Crippen LogP contribution in [0.4, 0.5) is 0 Å². The second-order valence-electron chi connectivity index (χ2n) is 3.01. The molecular weight excluding hydrogens is 86.1 g/mol. The third-order valence-corrected chi connectivity index (χ3v) is 0.894. The van der Waals surface area contributed by atoms with Crippen LogP contribution < -0.4 is 0 Å². The summed E-state index contributed by atoms with van der Waals surface area (Å²) >= 11 is 0. The maximum Gasteiger partial charge on any atom is 0.0777 e. The van der Waals surface area contributed by atoms with E-state index in [2.05, 4.69) is 28.1 Å². The van der Waals surface area contributed by atoms with Crippen LogP contribution in [0.3, 0.4) is 0 Å². The zero-order chi connectivity index (χ0) is 5.91. The SMILES string of the molecule is CCC[N+](C)(C)C.[H-].